The Kier molecular flexibility index (Phi) is 7.96. The fraction of sp³-hybridized carbons (Fsp3) is 1.00. The quantitative estimate of drug-likeness (QED) is 0.449. The maximum absolute atomic E-state index is 10.3. The minimum Gasteiger partial charge on any atom is -0.393 e. The lowest BCUT2D eigenvalue weighted by Gasteiger charge is -2.30. The molecule has 92 valence electrons. The number of hydrogen-bond donors (Lipinski definition) is 4. The summed E-state index contributed by atoms with van der Waals surface area (Å²) in [6, 6.07) is 0. The first-order valence-corrected chi connectivity index (χ1v) is 5.88. The Balaban J connectivity index is 4.12. The third-order valence-corrected chi connectivity index (χ3v) is 2.78. The summed E-state index contributed by atoms with van der Waals surface area (Å²) in [6.07, 6.45) is 3.57. The summed E-state index contributed by atoms with van der Waals surface area (Å²) in [5.74, 6) is 0. The Morgan fingerprint density at radius 3 is 1.93 bits per heavy atom. The van der Waals surface area contributed by atoms with Gasteiger partial charge in [0.2, 0.25) is 0 Å². The minimum absolute atomic E-state index is 0.425. The van der Waals surface area contributed by atoms with Gasteiger partial charge >= 0.3 is 0 Å². The maximum atomic E-state index is 10.3. The fourth-order valence-corrected chi connectivity index (χ4v) is 1.77. The number of rotatable bonds is 9. The molecular formula is C11H26N2O2. The summed E-state index contributed by atoms with van der Waals surface area (Å²) >= 11 is 0. The van der Waals surface area contributed by atoms with Gasteiger partial charge in [0.1, 0.15) is 0 Å². The molecule has 0 fully saturated rings. The molecule has 0 saturated carbocycles. The van der Waals surface area contributed by atoms with Crippen LogP contribution in [0.15, 0.2) is 0 Å². The Labute approximate surface area is 92.7 Å². The standard InChI is InChI=1S/C11H26N2O2/c1-2-10(14)9-11(15,5-3-7-12)6-4-8-13/h10,14-15H,2-9,12-13H2,1H3. The molecule has 6 N–H and O–H groups in total. The third-order valence-electron chi connectivity index (χ3n) is 2.78. The van der Waals surface area contributed by atoms with Gasteiger partial charge in [-0.3, -0.25) is 0 Å². The monoisotopic (exact) mass is 218 g/mol. The van der Waals surface area contributed by atoms with Crippen molar-refractivity contribution in [2.24, 2.45) is 11.5 Å². The molecular weight excluding hydrogens is 192 g/mol. The fourth-order valence-electron chi connectivity index (χ4n) is 1.77. The van der Waals surface area contributed by atoms with E-state index in [1.807, 2.05) is 6.92 Å². The molecule has 4 nitrogen and oxygen atoms in total. The molecule has 15 heavy (non-hydrogen) atoms. The average Bonchev–Trinajstić information content (AvgIpc) is 2.23. The highest BCUT2D eigenvalue weighted by Gasteiger charge is 2.28. The normalized spacial score (nSPS) is 14.2. The molecule has 1 unspecified atom stereocenters. The highest BCUT2D eigenvalue weighted by molar-refractivity contribution is 4.81. The molecule has 4 heteroatoms. The van der Waals surface area contributed by atoms with Gasteiger partial charge in [0.15, 0.2) is 0 Å². The van der Waals surface area contributed by atoms with Crippen molar-refractivity contribution in [3.8, 4) is 0 Å². The van der Waals surface area contributed by atoms with Crippen LogP contribution in [-0.2, 0) is 0 Å². The van der Waals surface area contributed by atoms with Crippen molar-refractivity contribution < 1.29 is 10.2 Å². The molecule has 0 rings (SSSR count). The summed E-state index contributed by atoms with van der Waals surface area (Å²) in [5, 5.41) is 19.9. The zero-order valence-electron chi connectivity index (χ0n) is 9.78. The van der Waals surface area contributed by atoms with Gasteiger partial charge < -0.3 is 21.7 Å². The zero-order valence-corrected chi connectivity index (χ0v) is 9.78. The van der Waals surface area contributed by atoms with Crippen LogP contribution in [0.25, 0.3) is 0 Å². The Bertz CT molecular complexity index is 146. The Morgan fingerprint density at radius 1 is 1.13 bits per heavy atom. The molecule has 0 aliphatic heterocycles. The van der Waals surface area contributed by atoms with E-state index >= 15 is 0 Å². The van der Waals surface area contributed by atoms with Gasteiger partial charge in [0.25, 0.3) is 0 Å². The van der Waals surface area contributed by atoms with E-state index in [1.165, 1.54) is 0 Å². The predicted molar refractivity (Wildman–Crippen MR) is 62.4 cm³/mol. The predicted octanol–water partition coefficient (Wildman–Crippen LogP) is 0.356. The SMILES string of the molecule is CCC(O)CC(O)(CCCN)CCCN. The van der Waals surface area contributed by atoms with Crippen LogP contribution in [0.5, 0.6) is 0 Å². The molecule has 0 aromatic carbocycles. The second-order valence-corrected chi connectivity index (χ2v) is 4.27. The molecule has 0 spiro atoms. The first kappa shape index (κ1) is 14.8. The van der Waals surface area contributed by atoms with E-state index in [0.717, 1.165) is 12.8 Å². The first-order chi connectivity index (χ1) is 7.08. The first-order valence-electron chi connectivity index (χ1n) is 5.88. The van der Waals surface area contributed by atoms with Gasteiger partial charge in [0, 0.05) is 6.42 Å². The molecule has 0 aromatic rings. The van der Waals surface area contributed by atoms with Gasteiger partial charge in [0.05, 0.1) is 11.7 Å². The molecule has 0 amide bonds. The van der Waals surface area contributed by atoms with Gasteiger partial charge in [-0.15, -0.1) is 0 Å². The maximum Gasteiger partial charge on any atom is 0.0673 e. The van der Waals surface area contributed by atoms with Crippen LogP contribution in [-0.4, -0.2) is 35.0 Å². The molecule has 0 aliphatic rings. The Hall–Kier alpha value is -0.160. The van der Waals surface area contributed by atoms with Crippen molar-refractivity contribution in [3.63, 3.8) is 0 Å². The van der Waals surface area contributed by atoms with E-state index < -0.39 is 11.7 Å². The minimum atomic E-state index is -0.784. The molecule has 0 aliphatic carbocycles. The van der Waals surface area contributed by atoms with Crippen LogP contribution >= 0.6 is 0 Å². The van der Waals surface area contributed by atoms with Gasteiger partial charge in [-0.2, -0.15) is 0 Å². The molecule has 0 aromatic heterocycles. The van der Waals surface area contributed by atoms with E-state index in [0.29, 0.717) is 38.8 Å². The zero-order chi connectivity index (χ0) is 11.7. The number of hydrogen-bond acceptors (Lipinski definition) is 4. The van der Waals surface area contributed by atoms with Gasteiger partial charge in [-0.1, -0.05) is 6.92 Å². The molecule has 0 radical (unpaired) electrons. The van der Waals surface area contributed by atoms with E-state index in [9.17, 15) is 10.2 Å². The topological polar surface area (TPSA) is 92.5 Å². The van der Waals surface area contributed by atoms with Crippen LogP contribution in [0.1, 0.15) is 45.4 Å². The smallest absolute Gasteiger partial charge is 0.0673 e. The molecule has 0 bridgehead atoms. The second-order valence-electron chi connectivity index (χ2n) is 4.27. The Morgan fingerprint density at radius 2 is 1.60 bits per heavy atom. The van der Waals surface area contributed by atoms with Crippen molar-refractivity contribution in [1.82, 2.24) is 0 Å². The van der Waals surface area contributed by atoms with E-state index in [-0.39, 0.29) is 0 Å². The highest BCUT2D eigenvalue weighted by atomic mass is 16.3. The van der Waals surface area contributed by atoms with Crippen molar-refractivity contribution in [1.29, 1.82) is 0 Å². The molecule has 0 heterocycles. The summed E-state index contributed by atoms with van der Waals surface area (Å²) in [4.78, 5) is 0. The van der Waals surface area contributed by atoms with Crippen molar-refractivity contribution in [3.05, 3.63) is 0 Å². The highest BCUT2D eigenvalue weighted by Crippen LogP contribution is 2.25. The lowest BCUT2D eigenvalue weighted by atomic mass is 9.86. The lowest BCUT2D eigenvalue weighted by Crippen LogP contribution is -2.34. The summed E-state index contributed by atoms with van der Waals surface area (Å²) in [5.41, 5.74) is 10.1. The van der Waals surface area contributed by atoms with Crippen molar-refractivity contribution in [2.45, 2.75) is 57.2 Å². The van der Waals surface area contributed by atoms with Crippen molar-refractivity contribution in [2.75, 3.05) is 13.1 Å². The summed E-state index contributed by atoms with van der Waals surface area (Å²) in [6.45, 7) is 3.07. The van der Waals surface area contributed by atoms with Crippen LogP contribution < -0.4 is 11.5 Å². The van der Waals surface area contributed by atoms with Crippen LogP contribution in [0.2, 0.25) is 0 Å². The molecule has 1 atom stereocenters. The van der Waals surface area contributed by atoms with E-state index in [2.05, 4.69) is 0 Å². The molecule has 0 saturated heterocycles. The van der Waals surface area contributed by atoms with Gasteiger partial charge in [-0.05, 0) is 45.2 Å². The second kappa shape index (κ2) is 8.05. The number of aliphatic hydroxyl groups is 2. The van der Waals surface area contributed by atoms with Crippen LogP contribution in [0.3, 0.4) is 0 Å². The lowest BCUT2D eigenvalue weighted by molar-refractivity contribution is -0.0263. The largest absolute Gasteiger partial charge is 0.393 e. The number of aliphatic hydroxyl groups excluding tert-OH is 1. The van der Waals surface area contributed by atoms with E-state index in [4.69, 9.17) is 11.5 Å². The van der Waals surface area contributed by atoms with Crippen LogP contribution in [0.4, 0.5) is 0 Å². The summed E-state index contributed by atoms with van der Waals surface area (Å²) in [7, 11) is 0. The average molecular weight is 218 g/mol. The van der Waals surface area contributed by atoms with Crippen molar-refractivity contribution >= 4 is 0 Å². The van der Waals surface area contributed by atoms with Gasteiger partial charge in [-0.25, -0.2) is 0 Å². The van der Waals surface area contributed by atoms with Crippen LogP contribution in [0, 0.1) is 0 Å². The van der Waals surface area contributed by atoms with E-state index in [1.54, 1.807) is 0 Å². The summed E-state index contributed by atoms with van der Waals surface area (Å²) < 4.78 is 0. The third kappa shape index (κ3) is 6.84. The number of nitrogens with two attached hydrogens (primary N) is 2.